The van der Waals surface area contributed by atoms with Crippen LogP contribution < -0.4 is 0 Å². The molecule has 0 heterocycles. The Morgan fingerprint density at radius 1 is 1.24 bits per heavy atom. The van der Waals surface area contributed by atoms with E-state index in [4.69, 9.17) is 0 Å². The van der Waals surface area contributed by atoms with Crippen LogP contribution >= 0.6 is 0 Å². The molecule has 0 spiro atoms. The smallest absolute Gasteiger partial charge is 0.166 e. The summed E-state index contributed by atoms with van der Waals surface area (Å²) in [6.07, 6.45) is 1.73. The summed E-state index contributed by atoms with van der Waals surface area (Å²) in [4.78, 5) is 23.3. The molecule has 1 aromatic rings. The largest absolute Gasteiger partial charge is 0.300 e. The van der Waals surface area contributed by atoms with Crippen molar-refractivity contribution in [3.63, 3.8) is 0 Å². The van der Waals surface area contributed by atoms with Crippen molar-refractivity contribution in [2.75, 3.05) is 0 Å². The normalized spacial score (nSPS) is 19.9. The van der Waals surface area contributed by atoms with Gasteiger partial charge in [0.25, 0.3) is 0 Å². The van der Waals surface area contributed by atoms with Gasteiger partial charge in [-0.15, -0.1) is 0 Å². The second kappa shape index (κ2) is 4.82. The predicted octanol–water partition coefficient (Wildman–Crippen LogP) is 3.36. The first-order valence-electron chi connectivity index (χ1n) is 6.24. The fourth-order valence-corrected chi connectivity index (χ4v) is 2.31. The summed E-state index contributed by atoms with van der Waals surface area (Å²) in [6.45, 7) is 4.26. The van der Waals surface area contributed by atoms with E-state index in [1.165, 1.54) is 5.56 Å². The molecule has 1 saturated carbocycles. The van der Waals surface area contributed by atoms with Crippen LogP contribution in [0.1, 0.15) is 54.9 Å². The molecule has 0 aliphatic heterocycles. The fourth-order valence-electron chi connectivity index (χ4n) is 2.31. The Morgan fingerprint density at radius 3 is 2.35 bits per heavy atom. The van der Waals surface area contributed by atoms with Crippen LogP contribution in [0.3, 0.4) is 0 Å². The van der Waals surface area contributed by atoms with Gasteiger partial charge in [-0.25, -0.2) is 0 Å². The minimum absolute atomic E-state index is 0.0765. The van der Waals surface area contributed by atoms with Gasteiger partial charge in [0.15, 0.2) is 5.78 Å². The summed E-state index contributed by atoms with van der Waals surface area (Å²) < 4.78 is 0. The topological polar surface area (TPSA) is 34.1 Å². The minimum atomic E-state index is -0.0765. The van der Waals surface area contributed by atoms with Crippen LogP contribution in [0, 0.1) is 5.92 Å². The van der Waals surface area contributed by atoms with E-state index in [1.54, 1.807) is 0 Å². The van der Waals surface area contributed by atoms with E-state index in [-0.39, 0.29) is 17.5 Å². The number of rotatable bonds is 3. The Hall–Kier alpha value is -1.44. The molecule has 0 amide bonds. The zero-order valence-electron chi connectivity index (χ0n) is 10.4. The molecule has 17 heavy (non-hydrogen) atoms. The first kappa shape index (κ1) is 12.0. The number of hydrogen-bond donors (Lipinski definition) is 0. The summed E-state index contributed by atoms with van der Waals surface area (Å²) >= 11 is 0. The molecule has 2 rings (SSSR count). The summed E-state index contributed by atoms with van der Waals surface area (Å²) in [6, 6.07) is 7.80. The van der Waals surface area contributed by atoms with E-state index in [0.717, 1.165) is 12.0 Å². The van der Waals surface area contributed by atoms with Crippen molar-refractivity contribution < 1.29 is 9.59 Å². The van der Waals surface area contributed by atoms with E-state index >= 15 is 0 Å². The summed E-state index contributed by atoms with van der Waals surface area (Å²) in [7, 11) is 0. The summed E-state index contributed by atoms with van der Waals surface area (Å²) in [5, 5.41) is 0. The second-order valence-corrected chi connectivity index (χ2v) is 5.12. The lowest BCUT2D eigenvalue weighted by Gasteiger charge is -2.09. The van der Waals surface area contributed by atoms with Crippen LogP contribution in [0.15, 0.2) is 24.3 Å². The molecule has 90 valence electrons. The van der Waals surface area contributed by atoms with Gasteiger partial charge in [-0.05, 0) is 17.9 Å². The van der Waals surface area contributed by atoms with E-state index < -0.39 is 0 Å². The summed E-state index contributed by atoms with van der Waals surface area (Å²) in [5.74, 6) is 0.757. The monoisotopic (exact) mass is 230 g/mol. The van der Waals surface area contributed by atoms with Gasteiger partial charge in [-0.2, -0.15) is 0 Å². The molecule has 1 aromatic carbocycles. The van der Waals surface area contributed by atoms with E-state index in [0.29, 0.717) is 18.8 Å². The van der Waals surface area contributed by atoms with Crippen LogP contribution in [0.5, 0.6) is 0 Å². The Kier molecular flexibility index (Phi) is 3.41. The Labute approximate surface area is 102 Å². The maximum atomic E-state index is 12.1. The van der Waals surface area contributed by atoms with Crippen molar-refractivity contribution in [3.05, 3.63) is 35.4 Å². The highest BCUT2D eigenvalue weighted by molar-refractivity contribution is 6.01. The van der Waals surface area contributed by atoms with E-state index in [9.17, 15) is 9.59 Å². The predicted molar refractivity (Wildman–Crippen MR) is 67.2 cm³/mol. The van der Waals surface area contributed by atoms with Gasteiger partial charge in [0.2, 0.25) is 0 Å². The lowest BCUT2D eigenvalue weighted by atomic mass is 9.94. The highest BCUT2D eigenvalue weighted by Gasteiger charge is 2.28. The SMILES string of the molecule is CC(C)c1ccc(C(=O)C2CCC(=O)C2)cc1. The lowest BCUT2D eigenvalue weighted by Crippen LogP contribution is -2.11. The molecular formula is C15H18O2. The molecule has 0 saturated heterocycles. The molecule has 2 heteroatoms. The third kappa shape index (κ3) is 2.63. The number of Topliss-reactive ketones (excluding diaryl/α,β-unsaturated/α-hetero) is 2. The van der Waals surface area contributed by atoms with Gasteiger partial charge in [0.1, 0.15) is 5.78 Å². The van der Waals surface area contributed by atoms with Gasteiger partial charge < -0.3 is 0 Å². The highest BCUT2D eigenvalue weighted by atomic mass is 16.1. The lowest BCUT2D eigenvalue weighted by molar-refractivity contribution is -0.117. The molecular weight excluding hydrogens is 212 g/mol. The van der Waals surface area contributed by atoms with Gasteiger partial charge in [-0.1, -0.05) is 38.1 Å². The molecule has 1 fully saturated rings. The Morgan fingerprint density at radius 2 is 1.88 bits per heavy atom. The zero-order chi connectivity index (χ0) is 12.4. The number of hydrogen-bond acceptors (Lipinski definition) is 2. The zero-order valence-corrected chi connectivity index (χ0v) is 10.4. The van der Waals surface area contributed by atoms with Crippen molar-refractivity contribution >= 4 is 11.6 Å². The number of carbonyl (C=O) groups is 2. The molecule has 0 N–H and O–H groups in total. The first-order chi connectivity index (χ1) is 8.08. The Balaban J connectivity index is 2.12. The molecule has 1 aliphatic rings. The van der Waals surface area contributed by atoms with E-state index in [1.807, 2.05) is 24.3 Å². The number of benzene rings is 1. The van der Waals surface area contributed by atoms with E-state index in [2.05, 4.69) is 13.8 Å². The average molecular weight is 230 g/mol. The number of ketones is 2. The van der Waals surface area contributed by atoms with Gasteiger partial charge in [0, 0.05) is 24.3 Å². The molecule has 1 atom stereocenters. The van der Waals surface area contributed by atoms with Crippen molar-refractivity contribution in [3.8, 4) is 0 Å². The highest BCUT2D eigenvalue weighted by Crippen LogP contribution is 2.26. The van der Waals surface area contributed by atoms with Crippen LogP contribution in [-0.4, -0.2) is 11.6 Å². The van der Waals surface area contributed by atoms with Crippen LogP contribution in [0.4, 0.5) is 0 Å². The van der Waals surface area contributed by atoms with Crippen LogP contribution in [0.25, 0.3) is 0 Å². The molecule has 1 unspecified atom stereocenters. The molecule has 2 nitrogen and oxygen atoms in total. The maximum absolute atomic E-state index is 12.1. The van der Waals surface area contributed by atoms with Crippen molar-refractivity contribution in [2.45, 2.75) is 39.0 Å². The van der Waals surface area contributed by atoms with Crippen LogP contribution in [0.2, 0.25) is 0 Å². The van der Waals surface area contributed by atoms with Gasteiger partial charge in [-0.3, -0.25) is 9.59 Å². The second-order valence-electron chi connectivity index (χ2n) is 5.12. The third-order valence-corrected chi connectivity index (χ3v) is 3.48. The van der Waals surface area contributed by atoms with Crippen molar-refractivity contribution in [1.29, 1.82) is 0 Å². The summed E-state index contributed by atoms with van der Waals surface area (Å²) in [5.41, 5.74) is 1.98. The minimum Gasteiger partial charge on any atom is -0.300 e. The first-order valence-corrected chi connectivity index (χ1v) is 6.24. The molecule has 0 radical (unpaired) electrons. The molecule has 0 bridgehead atoms. The van der Waals surface area contributed by atoms with Crippen molar-refractivity contribution in [1.82, 2.24) is 0 Å². The molecule has 1 aliphatic carbocycles. The van der Waals surface area contributed by atoms with Gasteiger partial charge >= 0.3 is 0 Å². The van der Waals surface area contributed by atoms with Crippen LogP contribution in [-0.2, 0) is 4.79 Å². The maximum Gasteiger partial charge on any atom is 0.166 e. The third-order valence-electron chi connectivity index (χ3n) is 3.48. The average Bonchev–Trinajstić information content (AvgIpc) is 2.75. The standard InChI is InChI=1S/C15H18O2/c1-10(2)11-3-5-12(6-4-11)15(17)13-7-8-14(16)9-13/h3-6,10,13H,7-9H2,1-2H3. The molecule has 0 aromatic heterocycles. The fraction of sp³-hybridized carbons (Fsp3) is 0.467. The quantitative estimate of drug-likeness (QED) is 0.746. The van der Waals surface area contributed by atoms with Gasteiger partial charge in [0.05, 0.1) is 0 Å². The van der Waals surface area contributed by atoms with Crippen molar-refractivity contribution in [2.24, 2.45) is 5.92 Å². The Bertz CT molecular complexity index is 429. The number of carbonyl (C=O) groups excluding carboxylic acids is 2.